The molecule has 17 heavy (non-hydrogen) atoms. The molecule has 1 aromatic carbocycles. The van der Waals surface area contributed by atoms with Crippen LogP contribution in [0.5, 0.6) is 5.75 Å². The Kier molecular flexibility index (Phi) is 3.14. The van der Waals surface area contributed by atoms with Crippen LogP contribution < -0.4 is 10.5 Å². The lowest BCUT2D eigenvalue weighted by molar-refractivity contribution is 0.349. The summed E-state index contributed by atoms with van der Waals surface area (Å²) in [6.45, 7) is 0.829. The van der Waals surface area contributed by atoms with Gasteiger partial charge in [0.05, 0.1) is 6.61 Å². The number of hydrogen-bond donors (Lipinski definition) is 1. The van der Waals surface area contributed by atoms with Crippen LogP contribution >= 0.6 is 15.9 Å². The average molecular weight is 296 g/mol. The van der Waals surface area contributed by atoms with Crippen molar-refractivity contribution in [1.82, 2.24) is 0 Å². The van der Waals surface area contributed by atoms with Crippen LogP contribution in [-0.2, 0) is 12.8 Å². The van der Waals surface area contributed by atoms with Crippen LogP contribution in [0.2, 0.25) is 0 Å². The molecular formula is C14H18BrNO. The maximum atomic E-state index is 6.16. The molecule has 2 N–H and O–H groups in total. The van der Waals surface area contributed by atoms with Gasteiger partial charge < -0.3 is 10.5 Å². The largest absolute Gasteiger partial charge is 0.493 e. The number of ether oxygens (including phenoxy) is 1. The predicted octanol–water partition coefficient (Wildman–Crippen LogP) is 3.05. The van der Waals surface area contributed by atoms with Crippen LogP contribution in [0, 0.1) is 5.92 Å². The van der Waals surface area contributed by atoms with E-state index in [4.69, 9.17) is 10.5 Å². The van der Waals surface area contributed by atoms with E-state index < -0.39 is 0 Å². The first kappa shape index (κ1) is 11.5. The van der Waals surface area contributed by atoms with Gasteiger partial charge in [0.1, 0.15) is 5.75 Å². The van der Waals surface area contributed by atoms with Gasteiger partial charge >= 0.3 is 0 Å². The first-order valence-corrected chi connectivity index (χ1v) is 7.23. The summed E-state index contributed by atoms with van der Waals surface area (Å²) in [6.07, 6.45) is 5.84. The highest BCUT2D eigenvalue weighted by atomic mass is 79.9. The van der Waals surface area contributed by atoms with Gasteiger partial charge in [0.15, 0.2) is 0 Å². The molecule has 1 aliphatic heterocycles. The summed E-state index contributed by atoms with van der Waals surface area (Å²) in [6, 6.07) is 4.77. The Morgan fingerprint density at radius 3 is 3.00 bits per heavy atom. The number of hydrogen-bond acceptors (Lipinski definition) is 2. The number of nitrogens with two attached hydrogens (primary N) is 1. The second-order valence-corrected chi connectivity index (χ2v) is 6.13. The summed E-state index contributed by atoms with van der Waals surface area (Å²) in [7, 11) is 0. The molecule has 2 unspecified atom stereocenters. The molecule has 1 heterocycles. The molecule has 2 nitrogen and oxygen atoms in total. The van der Waals surface area contributed by atoms with Gasteiger partial charge in [-0.25, -0.2) is 0 Å². The van der Waals surface area contributed by atoms with Crippen molar-refractivity contribution >= 4 is 15.9 Å². The third-order valence-electron chi connectivity index (χ3n) is 4.03. The first-order chi connectivity index (χ1) is 8.24. The third-order valence-corrected chi connectivity index (χ3v) is 4.48. The summed E-state index contributed by atoms with van der Waals surface area (Å²) in [4.78, 5) is 0. The molecule has 0 radical (unpaired) electrons. The number of fused-ring (bicyclic) bond motifs is 1. The third kappa shape index (κ3) is 2.23. The predicted molar refractivity (Wildman–Crippen MR) is 72.4 cm³/mol. The zero-order valence-corrected chi connectivity index (χ0v) is 11.5. The summed E-state index contributed by atoms with van der Waals surface area (Å²) in [5, 5.41) is 0. The van der Waals surface area contributed by atoms with Crippen molar-refractivity contribution in [2.75, 3.05) is 6.61 Å². The van der Waals surface area contributed by atoms with Gasteiger partial charge in [-0.3, -0.25) is 0 Å². The molecule has 0 bridgehead atoms. The number of halogens is 1. The molecule has 1 fully saturated rings. The molecule has 0 amide bonds. The molecule has 3 heteroatoms. The standard InChI is InChI=1S/C14H18BrNO/c15-12-7-10-4-5-17-14(10)11(8-12)6-9-2-1-3-13(9)16/h7-9,13H,1-6,16H2. The van der Waals surface area contributed by atoms with Crippen LogP contribution in [0.4, 0.5) is 0 Å². The molecule has 1 aliphatic carbocycles. The molecule has 2 aliphatic rings. The Morgan fingerprint density at radius 2 is 2.24 bits per heavy atom. The van der Waals surface area contributed by atoms with Gasteiger partial charge in [-0.15, -0.1) is 0 Å². The van der Waals surface area contributed by atoms with Crippen molar-refractivity contribution in [3.63, 3.8) is 0 Å². The summed E-state index contributed by atoms with van der Waals surface area (Å²) < 4.78 is 6.94. The highest BCUT2D eigenvalue weighted by molar-refractivity contribution is 9.10. The van der Waals surface area contributed by atoms with E-state index in [9.17, 15) is 0 Å². The van der Waals surface area contributed by atoms with Gasteiger partial charge in [-0.05, 0) is 48.4 Å². The minimum absolute atomic E-state index is 0.381. The maximum absolute atomic E-state index is 6.16. The lowest BCUT2D eigenvalue weighted by Gasteiger charge is -2.17. The Bertz CT molecular complexity index is 432. The van der Waals surface area contributed by atoms with Crippen LogP contribution in [0.25, 0.3) is 0 Å². The quantitative estimate of drug-likeness (QED) is 0.910. The topological polar surface area (TPSA) is 35.2 Å². The smallest absolute Gasteiger partial charge is 0.125 e. The van der Waals surface area contributed by atoms with E-state index in [0.717, 1.165) is 25.2 Å². The summed E-state index contributed by atoms with van der Waals surface area (Å²) in [5.74, 6) is 1.77. The van der Waals surface area contributed by atoms with Crippen molar-refractivity contribution in [2.45, 2.75) is 38.1 Å². The van der Waals surface area contributed by atoms with E-state index >= 15 is 0 Å². The van der Waals surface area contributed by atoms with Gasteiger partial charge in [-0.2, -0.15) is 0 Å². The average Bonchev–Trinajstić information content (AvgIpc) is 2.88. The SMILES string of the molecule is NC1CCCC1Cc1cc(Br)cc2c1OCC2. The fourth-order valence-electron chi connectivity index (χ4n) is 3.10. The van der Waals surface area contributed by atoms with E-state index in [-0.39, 0.29) is 0 Å². The number of benzene rings is 1. The lowest BCUT2D eigenvalue weighted by atomic mass is 9.93. The Labute approximate surface area is 111 Å². The fraction of sp³-hybridized carbons (Fsp3) is 0.571. The fourth-order valence-corrected chi connectivity index (χ4v) is 3.65. The van der Waals surface area contributed by atoms with Crippen LogP contribution in [0.3, 0.4) is 0 Å². The molecule has 0 aromatic heterocycles. The van der Waals surface area contributed by atoms with E-state index in [0.29, 0.717) is 12.0 Å². The van der Waals surface area contributed by atoms with Crippen LogP contribution in [0.15, 0.2) is 16.6 Å². The highest BCUT2D eigenvalue weighted by Crippen LogP contribution is 2.37. The van der Waals surface area contributed by atoms with Crippen molar-refractivity contribution in [2.24, 2.45) is 11.7 Å². The number of rotatable bonds is 2. The van der Waals surface area contributed by atoms with Crippen LogP contribution in [0.1, 0.15) is 30.4 Å². The summed E-state index contributed by atoms with van der Waals surface area (Å²) >= 11 is 3.59. The molecule has 0 spiro atoms. The summed E-state index contributed by atoms with van der Waals surface area (Å²) in [5.41, 5.74) is 8.85. The lowest BCUT2D eigenvalue weighted by Crippen LogP contribution is -2.26. The van der Waals surface area contributed by atoms with E-state index in [2.05, 4.69) is 28.1 Å². The van der Waals surface area contributed by atoms with E-state index in [1.54, 1.807) is 0 Å². The minimum Gasteiger partial charge on any atom is -0.493 e. The Balaban J connectivity index is 1.87. The molecule has 1 aromatic rings. The van der Waals surface area contributed by atoms with Crippen molar-refractivity contribution in [3.05, 3.63) is 27.7 Å². The van der Waals surface area contributed by atoms with Crippen molar-refractivity contribution in [3.8, 4) is 5.75 Å². The first-order valence-electron chi connectivity index (χ1n) is 6.44. The normalized spacial score (nSPS) is 26.9. The minimum atomic E-state index is 0.381. The Hall–Kier alpha value is -0.540. The van der Waals surface area contributed by atoms with Crippen LogP contribution in [-0.4, -0.2) is 12.6 Å². The molecule has 0 saturated heterocycles. The van der Waals surface area contributed by atoms with Gasteiger partial charge in [0.25, 0.3) is 0 Å². The highest BCUT2D eigenvalue weighted by Gasteiger charge is 2.26. The van der Waals surface area contributed by atoms with E-state index in [1.165, 1.54) is 34.9 Å². The van der Waals surface area contributed by atoms with Crippen molar-refractivity contribution < 1.29 is 4.74 Å². The maximum Gasteiger partial charge on any atom is 0.125 e. The second-order valence-electron chi connectivity index (χ2n) is 5.21. The van der Waals surface area contributed by atoms with Gasteiger partial charge in [0.2, 0.25) is 0 Å². The molecule has 1 saturated carbocycles. The molecule has 2 atom stereocenters. The van der Waals surface area contributed by atoms with Crippen molar-refractivity contribution in [1.29, 1.82) is 0 Å². The Morgan fingerprint density at radius 1 is 1.35 bits per heavy atom. The van der Waals surface area contributed by atoms with E-state index in [1.807, 2.05) is 0 Å². The molecule has 92 valence electrons. The van der Waals surface area contributed by atoms with Gasteiger partial charge in [0, 0.05) is 16.9 Å². The molecule has 3 rings (SSSR count). The zero-order valence-electron chi connectivity index (χ0n) is 9.92. The zero-order chi connectivity index (χ0) is 11.8. The monoisotopic (exact) mass is 295 g/mol. The second kappa shape index (κ2) is 4.62. The van der Waals surface area contributed by atoms with Gasteiger partial charge in [-0.1, -0.05) is 22.4 Å². The molecular weight excluding hydrogens is 278 g/mol.